The lowest BCUT2D eigenvalue weighted by atomic mass is 9.70. The van der Waals surface area contributed by atoms with E-state index in [9.17, 15) is 9.59 Å². The van der Waals surface area contributed by atoms with E-state index >= 15 is 0 Å². The van der Waals surface area contributed by atoms with E-state index in [0.29, 0.717) is 11.6 Å². The molecule has 1 heterocycles. The van der Waals surface area contributed by atoms with Gasteiger partial charge in [0.1, 0.15) is 11.5 Å². The van der Waals surface area contributed by atoms with Crippen molar-refractivity contribution in [1.82, 2.24) is 4.98 Å². The lowest BCUT2D eigenvalue weighted by Crippen LogP contribution is -2.35. The first-order chi connectivity index (χ1) is 10.7. The predicted molar refractivity (Wildman–Crippen MR) is 90.2 cm³/mol. The second-order valence-corrected chi connectivity index (χ2v) is 8.55. The topological polar surface area (TPSA) is 47.0 Å². The van der Waals surface area contributed by atoms with Crippen LogP contribution in [0.3, 0.4) is 0 Å². The van der Waals surface area contributed by atoms with Crippen molar-refractivity contribution in [3.63, 3.8) is 0 Å². The second kappa shape index (κ2) is 5.25. The Morgan fingerprint density at radius 2 is 2.00 bits per heavy atom. The smallest absolute Gasteiger partial charge is 0.191 e. The Bertz CT molecular complexity index is 644. The molecule has 2 aliphatic carbocycles. The van der Waals surface area contributed by atoms with Gasteiger partial charge in [-0.1, -0.05) is 40.7 Å². The Morgan fingerprint density at radius 1 is 1.30 bits per heavy atom. The molecule has 0 amide bonds. The summed E-state index contributed by atoms with van der Waals surface area (Å²) in [5.74, 6) is 0.285. The van der Waals surface area contributed by atoms with Gasteiger partial charge in [0.25, 0.3) is 0 Å². The summed E-state index contributed by atoms with van der Waals surface area (Å²) in [6, 6.07) is 3.78. The molecule has 3 unspecified atom stereocenters. The van der Waals surface area contributed by atoms with Gasteiger partial charge in [0, 0.05) is 11.6 Å². The van der Waals surface area contributed by atoms with Crippen molar-refractivity contribution < 1.29 is 9.59 Å². The number of fused-ring (bicyclic) bond motifs is 2. The highest BCUT2D eigenvalue weighted by Gasteiger charge is 2.67. The van der Waals surface area contributed by atoms with E-state index in [0.717, 1.165) is 24.8 Å². The molecule has 0 aromatic carbocycles. The van der Waals surface area contributed by atoms with Gasteiger partial charge in [-0.2, -0.15) is 0 Å². The highest BCUT2D eigenvalue weighted by molar-refractivity contribution is 6.13. The third-order valence-corrected chi connectivity index (χ3v) is 6.54. The van der Waals surface area contributed by atoms with E-state index in [4.69, 9.17) is 0 Å². The fraction of sp³-hybridized carbons (Fsp3) is 0.650. The summed E-state index contributed by atoms with van der Waals surface area (Å²) < 4.78 is 0. The van der Waals surface area contributed by atoms with Crippen molar-refractivity contribution >= 4 is 11.6 Å². The highest BCUT2D eigenvalue weighted by atomic mass is 16.2. The Morgan fingerprint density at radius 3 is 2.48 bits per heavy atom. The zero-order chi connectivity index (χ0) is 17.0. The molecule has 0 saturated heterocycles. The summed E-state index contributed by atoms with van der Waals surface area (Å²) in [6.07, 6.45) is 4.63. The number of hydrogen-bond acceptors (Lipinski definition) is 3. The van der Waals surface area contributed by atoms with Crippen LogP contribution in [0.2, 0.25) is 0 Å². The average molecular weight is 313 g/mol. The monoisotopic (exact) mass is 313 g/mol. The fourth-order valence-electron chi connectivity index (χ4n) is 4.71. The third-order valence-electron chi connectivity index (χ3n) is 6.54. The van der Waals surface area contributed by atoms with Gasteiger partial charge in [0.15, 0.2) is 5.78 Å². The van der Waals surface area contributed by atoms with Crippen LogP contribution in [0, 0.1) is 28.6 Å². The van der Waals surface area contributed by atoms with Gasteiger partial charge in [-0.05, 0) is 48.1 Å². The first kappa shape index (κ1) is 16.4. The number of Topliss-reactive ketones (excluding diaryl/α,β-unsaturated/α-hetero) is 2. The number of carbonyl (C=O) groups is 2. The summed E-state index contributed by atoms with van der Waals surface area (Å²) in [4.78, 5) is 30.2. The van der Waals surface area contributed by atoms with Crippen LogP contribution in [0.4, 0.5) is 0 Å². The fourth-order valence-corrected chi connectivity index (χ4v) is 4.71. The van der Waals surface area contributed by atoms with Crippen molar-refractivity contribution in [2.24, 2.45) is 28.6 Å². The lowest BCUT2D eigenvalue weighted by Gasteiger charge is -2.32. The maximum atomic E-state index is 12.9. The molecule has 2 fully saturated rings. The van der Waals surface area contributed by atoms with Gasteiger partial charge in [-0.3, -0.25) is 14.6 Å². The standard InChI is InChI=1S/C20H27NO2/c1-12(2)10-13-6-7-15(21-11-13)17(22)16-14-8-9-20(5,18(16)23)19(14,3)4/h6-7,11-12,14,16H,8-10H2,1-5H3. The van der Waals surface area contributed by atoms with E-state index in [1.807, 2.05) is 13.0 Å². The van der Waals surface area contributed by atoms with E-state index < -0.39 is 5.92 Å². The molecule has 0 radical (unpaired) electrons. The Hall–Kier alpha value is -1.51. The van der Waals surface area contributed by atoms with E-state index in [1.54, 1.807) is 12.3 Å². The summed E-state index contributed by atoms with van der Waals surface area (Å²) in [6.45, 7) is 10.7. The SMILES string of the molecule is CC(C)Cc1ccc(C(=O)C2C(=O)C3(C)CCC2C3(C)C)nc1. The first-order valence-corrected chi connectivity index (χ1v) is 8.72. The molecule has 124 valence electrons. The van der Waals surface area contributed by atoms with Crippen molar-refractivity contribution in [2.45, 2.75) is 53.9 Å². The van der Waals surface area contributed by atoms with Crippen LogP contribution in [-0.2, 0) is 11.2 Å². The second-order valence-electron chi connectivity index (χ2n) is 8.55. The largest absolute Gasteiger partial charge is 0.298 e. The van der Waals surface area contributed by atoms with Crippen molar-refractivity contribution in [3.05, 3.63) is 29.6 Å². The number of pyridine rings is 1. The molecule has 0 aliphatic heterocycles. The Labute approximate surface area is 138 Å². The summed E-state index contributed by atoms with van der Waals surface area (Å²) in [5.41, 5.74) is 1.14. The molecule has 3 heteroatoms. The molecule has 2 saturated carbocycles. The molecule has 0 spiro atoms. The lowest BCUT2D eigenvalue weighted by molar-refractivity contribution is -0.130. The predicted octanol–water partition coefficient (Wildman–Crippen LogP) is 4.10. The van der Waals surface area contributed by atoms with Crippen LogP contribution in [0.5, 0.6) is 0 Å². The van der Waals surface area contributed by atoms with E-state index in [-0.39, 0.29) is 28.3 Å². The summed E-state index contributed by atoms with van der Waals surface area (Å²) in [5, 5.41) is 0. The van der Waals surface area contributed by atoms with Gasteiger partial charge >= 0.3 is 0 Å². The third kappa shape index (κ3) is 2.28. The number of rotatable bonds is 4. The zero-order valence-electron chi connectivity index (χ0n) is 14.8. The number of carbonyl (C=O) groups excluding carboxylic acids is 2. The molecule has 1 aromatic heterocycles. The van der Waals surface area contributed by atoms with Gasteiger partial charge < -0.3 is 0 Å². The van der Waals surface area contributed by atoms with Crippen LogP contribution < -0.4 is 0 Å². The van der Waals surface area contributed by atoms with Crippen LogP contribution in [0.15, 0.2) is 18.3 Å². The molecule has 23 heavy (non-hydrogen) atoms. The molecule has 2 aliphatic rings. The Balaban J connectivity index is 1.86. The molecule has 1 aromatic rings. The van der Waals surface area contributed by atoms with Crippen LogP contribution >= 0.6 is 0 Å². The number of ketones is 2. The zero-order valence-corrected chi connectivity index (χ0v) is 14.8. The van der Waals surface area contributed by atoms with Gasteiger partial charge in [-0.15, -0.1) is 0 Å². The Kier molecular flexibility index (Phi) is 3.74. The van der Waals surface area contributed by atoms with Crippen molar-refractivity contribution in [2.75, 3.05) is 0 Å². The van der Waals surface area contributed by atoms with Crippen LogP contribution in [0.25, 0.3) is 0 Å². The van der Waals surface area contributed by atoms with Gasteiger partial charge in [-0.25, -0.2) is 0 Å². The van der Waals surface area contributed by atoms with E-state index in [1.165, 1.54) is 0 Å². The minimum atomic E-state index is -0.493. The van der Waals surface area contributed by atoms with Crippen molar-refractivity contribution in [3.8, 4) is 0 Å². The number of hydrogen-bond donors (Lipinski definition) is 0. The maximum absolute atomic E-state index is 12.9. The number of nitrogens with zero attached hydrogens (tertiary/aromatic N) is 1. The normalized spacial score (nSPS) is 31.8. The molecule has 3 rings (SSSR count). The summed E-state index contributed by atoms with van der Waals surface area (Å²) in [7, 11) is 0. The number of aromatic nitrogens is 1. The minimum absolute atomic E-state index is 0.0763. The van der Waals surface area contributed by atoms with Gasteiger partial charge in [0.05, 0.1) is 5.92 Å². The maximum Gasteiger partial charge on any atom is 0.191 e. The summed E-state index contributed by atoms with van der Waals surface area (Å²) >= 11 is 0. The van der Waals surface area contributed by atoms with Crippen LogP contribution in [-0.4, -0.2) is 16.6 Å². The molecule has 0 N–H and O–H groups in total. The molecule has 3 nitrogen and oxygen atoms in total. The van der Waals surface area contributed by atoms with E-state index in [2.05, 4.69) is 32.7 Å². The van der Waals surface area contributed by atoms with Gasteiger partial charge in [0.2, 0.25) is 0 Å². The molecule has 2 bridgehead atoms. The average Bonchev–Trinajstić information content (AvgIpc) is 2.79. The molecular weight excluding hydrogens is 286 g/mol. The molecular formula is C20H27NO2. The quantitative estimate of drug-likeness (QED) is 0.621. The minimum Gasteiger partial charge on any atom is -0.298 e. The molecule has 3 atom stereocenters. The van der Waals surface area contributed by atoms with Crippen LogP contribution in [0.1, 0.15) is 63.5 Å². The highest BCUT2D eigenvalue weighted by Crippen LogP contribution is 2.66. The van der Waals surface area contributed by atoms with Crippen molar-refractivity contribution in [1.29, 1.82) is 0 Å². The first-order valence-electron chi connectivity index (χ1n) is 8.72.